The number of aromatic nitrogens is 3. The van der Waals surface area contributed by atoms with Gasteiger partial charge in [0.25, 0.3) is 0 Å². The average Bonchev–Trinajstić information content (AvgIpc) is 2.84. The van der Waals surface area contributed by atoms with E-state index in [1.807, 2.05) is 43.7 Å². The zero-order valence-corrected chi connectivity index (χ0v) is 10.1. The normalized spacial score (nSPS) is 12.8. The Morgan fingerprint density at radius 3 is 2.89 bits per heavy atom. The van der Waals surface area contributed by atoms with Crippen molar-refractivity contribution in [3.05, 3.63) is 60.2 Å². The Kier molecular flexibility index (Phi) is 2.57. The number of aryl methyl sites for hydroxylation is 1. The first-order chi connectivity index (χ1) is 8.75. The Balaban J connectivity index is 2.14. The molecule has 3 rings (SSSR count). The number of hydrogen-bond donors (Lipinski definition) is 1. The second kappa shape index (κ2) is 4.23. The Bertz CT molecular complexity index is 682. The predicted octanol–water partition coefficient (Wildman–Crippen LogP) is 2.02. The summed E-state index contributed by atoms with van der Waals surface area (Å²) in [7, 11) is 1.89. The summed E-state index contributed by atoms with van der Waals surface area (Å²) in [5.41, 5.74) is 8.22. The van der Waals surface area contributed by atoms with Gasteiger partial charge in [-0.15, -0.1) is 0 Å². The van der Waals surface area contributed by atoms with Crippen LogP contribution in [0, 0.1) is 0 Å². The van der Waals surface area contributed by atoms with Crippen LogP contribution in [0.2, 0.25) is 0 Å². The molecule has 0 saturated carbocycles. The number of nitrogens with zero attached hydrogens (tertiary/aromatic N) is 3. The molecule has 0 bridgehead atoms. The van der Waals surface area contributed by atoms with Crippen LogP contribution in [0.5, 0.6) is 0 Å². The third kappa shape index (κ3) is 1.76. The van der Waals surface area contributed by atoms with Crippen molar-refractivity contribution in [2.75, 3.05) is 0 Å². The Morgan fingerprint density at radius 1 is 1.22 bits per heavy atom. The molecular formula is C14H14N4. The van der Waals surface area contributed by atoms with E-state index >= 15 is 0 Å². The van der Waals surface area contributed by atoms with Crippen LogP contribution >= 0.6 is 0 Å². The van der Waals surface area contributed by atoms with E-state index in [9.17, 15) is 0 Å². The number of fused-ring (bicyclic) bond motifs is 1. The maximum Gasteiger partial charge on any atom is 0.0837 e. The number of benzene rings is 1. The molecule has 3 aromatic rings. The van der Waals surface area contributed by atoms with Gasteiger partial charge in [-0.1, -0.05) is 18.2 Å². The highest BCUT2D eigenvalue weighted by Crippen LogP contribution is 2.25. The Hall–Kier alpha value is -2.20. The van der Waals surface area contributed by atoms with Gasteiger partial charge in [-0.2, -0.15) is 5.10 Å². The van der Waals surface area contributed by atoms with E-state index < -0.39 is 0 Å². The predicted molar refractivity (Wildman–Crippen MR) is 71.0 cm³/mol. The monoisotopic (exact) mass is 238 g/mol. The summed E-state index contributed by atoms with van der Waals surface area (Å²) in [6, 6.07) is 9.82. The van der Waals surface area contributed by atoms with Gasteiger partial charge in [-0.05, 0) is 23.1 Å². The molecule has 0 amide bonds. The summed E-state index contributed by atoms with van der Waals surface area (Å²) in [6.07, 6.45) is 5.55. The van der Waals surface area contributed by atoms with Gasteiger partial charge < -0.3 is 5.73 Å². The summed E-state index contributed by atoms with van der Waals surface area (Å²) in [4.78, 5) is 4.17. The summed E-state index contributed by atoms with van der Waals surface area (Å²) >= 11 is 0. The van der Waals surface area contributed by atoms with Gasteiger partial charge in [-0.25, -0.2) is 0 Å². The third-order valence-corrected chi connectivity index (χ3v) is 3.11. The van der Waals surface area contributed by atoms with Gasteiger partial charge in [-0.3, -0.25) is 9.67 Å². The molecule has 1 atom stereocenters. The largest absolute Gasteiger partial charge is 0.319 e. The first-order valence-corrected chi connectivity index (χ1v) is 5.83. The average molecular weight is 238 g/mol. The van der Waals surface area contributed by atoms with Gasteiger partial charge in [0.1, 0.15) is 0 Å². The highest BCUT2D eigenvalue weighted by Gasteiger charge is 2.14. The molecule has 1 unspecified atom stereocenters. The first kappa shape index (κ1) is 10.9. The maximum absolute atomic E-state index is 6.29. The lowest BCUT2D eigenvalue weighted by atomic mass is 9.99. The molecule has 2 N–H and O–H groups in total. The fourth-order valence-electron chi connectivity index (χ4n) is 2.17. The van der Waals surface area contributed by atoms with Crippen molar-refractivity contribution in [2.45, 2.75) is 6.04 Å². The smallest absolute Gasteiger partial charge is 0.0837 e. The van der Waals surface area contributed by atoms with E-state index in [0.717, 1.165) is 22.0 Å². The van der Waals surface area contributed by atoms with Crippen LogP contribution in [0.3, 0.4) is 0 Å². The van der Waals surface area contributed by atoms with Crippen molar-refractivity contribution in [1.82, 2.24) is 14.8 Å². The topological polar surface area (TPSA) is 56.7 Å². The van der Waals surface area contributed by atoms with Crippen molar-refractivity contribution in [3.63, 3.8) is 0 Å². The van der Waals surface area contributed by atoms with Gasteiger partial charge in [0.05, 0.1) is 11.7 Å². The standard InChI is InChI=1S/C14H14N4/c1-18-8-6-13(17-18)14(15)11-4-2-3-10-5-7-16-9-12(10)11/h2-9,14H,15H2,1H3. The summed E-state index contributed by atoms with van der Waals surface area (Å²) in [6.45, 7) is 0. The van der Waals surface area contributed by atoms with E-state index in [1.165, 1.54) is 0 Å². The quantitative estimate of drug-likeness (QED) is 0.743. The number of rotatable bonds is 2. The van der Waals surface area contributed by atoms with Crippen LogP contribution in [0.4, 0.5) is 0 Å². The number of pyridine rings is 1. The van der Waals surface area contributed by atoms with Crippen LogP contribution in [-0.4, -0.2) is 14.8 Å². The molecule has 2 aromatic heterocycles. The van der Waals surface area contributed by atoms with Crippen molar-refractivity contribution < 1.29 is 0 Å². The third-order valence-electron chi connectivity index (χ3n) is 3.11. The van der Waals surface area contributed by atoms with Gasteiger partial charge >= 0.3 is 0 Å². The zero-order valence-electron chi connectivity index (χ0n) is 10.1. The minimum Gasteiger partial charge on any atom is -0.319 e. The second-order valence-electron chi connectivity index (χ2n) is 4.34. The Morgan fingerprint density at radius 2 is 2.11 bits per heavy atom. The lowest BCUT2D eigenvalue weighted by Crippen LogP contribution is -2.13. The summed E-state index contributed by atoms with van der Waals surface area (Å²) in [5.74, 6) is 0. The minimum absolute atomic E-state index is 0.223. The molecule has 18 heavy (non-hydrogen) atoms. The highest BCUT2D eigenvalue weighted by molar-refractivity contribution is 5.85. The molecule has 0 spiro atoms. The summed E-state index contributed by atoms with van der Waals surface area (Å²) < 4.78 is 1.76. The van der Waals surface area contributed by atoms with E-state index in [0.29, 0.717) is 0 Å². The van der Waals surface area contributed by atoms with Crippen molar-refractivity contribution in [2.24, 2.45) is 12.8 Å². The fraction of sp³-hybridized carbons (Fsp3) is 0.143. The first-order valence-electron chi connectivity index (χ1n) is 5.83. The molecule has 0 radical (unpaired) electrons. The van der Waals surface area contributed by atoms with Crippen LogP contribution < -0.4 is 5.73 Å². The second-order valence-corrected chi connectivity index (χ2v) is 4.34. The van der Waals surface area contributed by atoms with Crippen molar-refractivity contribution in [1.29, 1.82) is 0 Å². The molecule has 4 nitrogen and oxygen atoms in total. The molecule has 0 fully saturated rings. The molecule has 90 valence electrons. The van der Waals surface area contributed by atoms with Crippen LogP contribution in [0.15, 0.2) is 48.9 Å². The minimum atomic E-state index is -0.223. The van der Waals surface area contributed by atoms with E-state index in [1.54, 1.807) is 10.9 Å². The van der Waals surface area contributed by atoms with Crippen LogP contribution in [0.25, 0.3) is 10.8 Å². The molecular weight excluding hydrogens is 224 g/mol. The molecule has 1 aromatic carbocycles. The van der Waals surface area contributed by atoms with Crippen molar-refractivity contribution >= 4 is 10.8 Å². The molecule has 0 aliphatic rings. The van der Waals surface area contributed by atoms with Crippen LogP contribution in [-0.2, 0) is 7.05 Å². The molecule has 0 saturated heterocycles. The zero-order chi connectivity index (χ0) is 12.5. The van der Waals surface area contributed by atoms with E-state index in [-0.39, 0.29) is 6.04 Å². The highest BCUT2D eigenvalue weighted by atomic mass is 15.3. The van der Waals surface area contributed by atoms with Gasteiger partial charge in [0.15, 0.2) is 0 Å². The number of nitrogens with two attached hydrogens (primary N) is 1. The molecule has 4 heteroatoms. The molecule has 0 aliphatic carbocycles. The van der Waals surface area contributed by atoms with E-state index in [2.05, 4.69) is 16.1 Å². The lowest BCUT2D eigenvalue weighted by Gasteiger charge is -2.12. The number of hydrogen-bond acceptors (Lipinski definition) is 3. The van der Waals surface area contributed by atoms with E-state index in [4.69, 9.17) is 5.73 Å². The fourth-order valence-corrected chi connectivity index (χ4v) is 2.17. The van der Waals surface area contributed by atoms with Gasteiger partial charge in [0, 0.05) is 31.0 Å². The van der Waals surface area contributed by atoms with Crippen LogP contribution in [0.1, 0.15) is 17.3 Å². The molecule has 0 aliphatic heterocycles. The maximum atomic E-state index is 6.29. The lowest BCUT2D eigenvalue weighted by molar-refractivity contribution is 0.717. The SMILES string of the molecule is Cn1ccc(C(N)c2cccc3ccncc23)n1. The molecule has 2 heterocycles. The van der Waals surface area contributed by atoms with Gasteiger partial charge in [0.2, 0.25) is 0 Å². The Labute approximate surface area is 105 Å². The summed E-state index contributed by atoms with van der Waals surface area (Å²) in [5, 5.41) is 6.59. The van der Waals surface area contributed by atoms with Crippen molar-refractivity contribution in [3.8, 4) is 0 Å².